The molecule has 2 atom stereocenters. The van der Waals surface area contributed by atoms with E-state index in [1.54, 1.807) is 6.20 Å². The van der Waals surface area contributed by atoms with Crippen LogP contribution in [0, 0.1) is 18.3 Å². The molecule has 8 heterocycles. The van der Waals surface area contributed by atoms with Gasteiger partial charge in [0.15, 0.2) is 0 Å². The number of anilines is 1. The van der Waals surface area contributed by atoms with Crippen molar-refractivity contribution in [3.8, 4) is 17.2 Å². The van der Waals surface area contributed by atoms with Gasteiger partial charge in [-0.15, -0.1) is 0 Å². The van der Waals surface area contributed by atoms with Gasteiger partial charge in [0, 0.05) is 67.6 Å². The van der Waals surface area contributed by atoms with Gasteiger partial charge in [0.2, 0.25) is 0 Å². The van der Waals surface area contributed by atoms with Crippen molar-refractivity contribution in [1.29, 1.82) is 5.26 Å². The van der Waals surface area contributed by atoms with Gasteiger partial charge >= 0.3 is 0 Å². The van der Waals surface area contributed by atoms with Crippen molar-refractivity contribution >= 4 is 28.9 Å². The van der Waals surface area contributed by atoms with E-state index in [-0.39, 0.29) is 0 Å². The Labute approximate surface area is 239 Å². The van der Waals surface area contributed by atoms with Crippen molar-refractivity contribution in [2.45, 2.75) is 31.8 Å². The second-order valence-corrected chi connectivity index (χ2v) is 11.1. The molecule has 4 aromatic rings. The molecule has 0 aliphatic carbocycles. The molecule has 0 radical (unpaired) electrons. The Morgan fingerprint density at radius 1 is 1.24 bits per heavy atom. The number of aromatic nitrogens is 4. The van der Waals surface area contributed by atoms with E-state index in [0.29, 0.717) is 30.9 Å². The number of nitrogens with zero attached hydrogens (tertiary/aromatic N) is 7. The Morgan fingerprint density at radius 2 is 2.12 bits per heavy atom. The minimum atomic E-state index is 0.488. The molecule has 1 N–H and O–H groups in total. The molecule has 9 heteroatoms. The molecule has 41 heavy (non-hydrogen) atoms. The van der Waals surface area contributed by atoms with Crippen LogP contribution in [0.2, 0.25) is 0 Å². The first-order valence-corrected chi connectivity index (χ1v) is 14.1. The number of nitrogens with one attached hydrogen (secondary N) is 1. The summed E-state index contributed by atoms with van der Waals surface area (Å²) in [6.07, 6.45) is 13.5. The number of piperazine rings is 1. The van der Waals surface area contributed by atoms with Crippen LogP contribution in [0.3, 0.4) is 0 Å². The molecule has 0 aromatic carbocycles. The quantitative estimate of drug-likeness (QED) is 0.332. The monoisotopic (exact) mass is 544 g/mol. The summed E-state index contributed by atoms with van der Waals surface area (Å²) in [5.41, 5.74) is 7.79. The van der Waals surface area contributed by atoms with Gasteiger partial charge in [0.05, 0.1) is 30.5 Å². The topological polar surface area (TPSA) is 97.8 Å². The highest BCUT2D eigenvalue weighted by Crippen LogP contribution is 2.36. The van der Waals surface area contributed by atoms with E-state index in [9.17, 15) is 5.26 Å². The number of nitriles is 1. The maximum Gasteiger partial charge on any atom is 0.132 e. The molecule has 4 aliphatic rings. The molecule has 0 amide bonds. The fourth-order valence-corrected chi connectivity index (χ4v) is 6.26. The minimum Gasteiger partial charge on any atom is -0.377 e. The smallest absolute Gasteiger partial charge is 0.132 e. The largest absolute Gasteiger partial charge is 0.377 e. The van der Waals surface area contributed by atoms with E-state index in [0.717, 1.165) is 71.0 Å². The SMILES string of the molecule is C=C(/C=N\c1[nH]ccc1C)CN1C2CC1CN(c1ccc(-c3cc(C4=CCOCC4)cn4ncc(C#N)c34)cn1)C2. The van der Waals surface area contributed by atoms with E-state index >= 15 is 0 Å². The van der Waals surface area contributed by atoms with E-state index in [4.69, 9.17) is 9.72 Å². The molecule has 3 fully saturated rings. The number of fused-ring (bicyclic) bond motifs is 3. The predicted molar refractivity (Wildman–Crippen MR) is 160 cm³/mol. The fraction of sp³-hybridized carbons (Fsp3) is 0.312. The van der Waals surface area contributed by atoms with Crippen LogP contribution in [0.25, 0.3) is 22.2 Å². The maximum atomic E-state index is 9.75. The van der Waals surface area contributed by atoms with Crippen LogP contribution in [0.15, 0.2) is 72.3 Å². The molecular formula is C32H32N8O. The number of piperidine rings is 1. The van der Waals surface area contributed by atoms with Gasteiger partial charge in [-0.25, -0.2) is 14.5 Å². The van der Waals surface area contributed by atoms with Crippen molar-refractivity contribution in [1.82, 2.24) is 24.5 Å². The molecule has 3 saturated heterocycles. The summed E-state index contributed by atoms with van der Waals surface area (Å²) in [4.78, 5) is 17.5. The Bertz CT molecular complexity index is 1710. The Hall–Kier alpha value is -4.52. The van der Waals surface area contributed by atoms with E-state index < -0.39 is 0 Å². The standard InChI is InChI=1S/C32H32N8O/c1-21(14-36-32-22(2)5-8-34-32)17-39-27-12-28(39)20-38(19-27)30-4-3-24(15-35-30)29-11-25(23-6-9-41-10-7-23)18-40-31(29)26(13-33)16-37-40/h3-6,8,11,14-16,18,27-28,34H,1,7,9-10,12,17,19-20H2,2H3/b36-14-. The van der Waals surface area contributed by atoms with Crippen molar-refractivity contribution < 1.29 is 4.74 Å². The highest BCUT2D eigenvalue weighted by molar-refractivity contribution is 5.87. The lowest BCUT2D eigenvalue weighted by molar-refractivity contribution is 0.00946. The van der Waals surface area contributed by atoms with Crippen LogP contribution in [0.1, 0.15) is 29.5 Å². The van der Waals surface area contributed by atoms with Gasteiger partial charge in [-0.1, -0.05) is 12.7 Å². The van der Waals surface area contributed by atoms with Gasteiger partial charge in [0.1, 0.15) is 17.7 Å². The summed E-state index contributed by atoms with van der Waals surface area (Å²) >= 11 is 0. The molecular weight excluding hydrogens is 512 g/mol. The number of aromatic amines is 1. The highest BCUT2D eigenvalue weighted by atomic mass is 16.5. The van der Waals surface area contributed by atoms with Crippen molar-refractivity contribution in [3.63, 3.8) is 0 Å². The molecule has 206 valence electrons. The lowest BCUT2D eigenvalue weighted by Gasteiger charge is -2.56. The number of aliphatic imine (C=N–C) groups is 1. The van der Waals surface area contributed by atoms with E-state index in [1.807, 2.05) is 42.3 Å². The Morgan fingerprint density at radius 3 is 2.83 bits per heavy atom. The third-order valence-electron chi connectivity index (χ3n) is 8.48. The minimum absolute atomic E-state index is 0.488. The fourth-order valence-electron chi connectivity index (χ4n) is 6.26. The van der Waals surface area contributed by atoms with Gasteiger partial charge in [-0.3, -0.25) is 4.90 Å². The number of aryl methyl sites for hydroxylation is 1. The second-order valence-electron chi connectivity index (χ2n) is 11.1. The first kappa shape index (κ1) is 25.4. The number of H-pyrrole nitrogens is 1. The molecule has 0 spiro atoms. The molecule has 9 nitrogen and oxygen atoms in total. The maximum absolute atomic E-state index is 9.75. The van der Waals surface area contributed by atoms with Gasteiger partial charge in [0.25, 0.3) is 0 Å². The third kappa shape index (κ3) is 4.75. The number of pyridine rings is 2. The van der Waals surface area contributed by atoms with Crippen LogP contribution in [0.4, 0.5) is 11.6 Å². The average Bonchev–Trinajstić information content (AvgIpc) is 3.64. The summed E-state index contributed by atoms with van der Waals surface area (Å²) in [6.45, 7) is 10.3. The van der Waals surface area contributed by atoms with E-state index in [1.165, 1.54) is 12.0 Å². The zero-order chi connectivity index (χ0) is 27.9. The lowest BCUT2D eigenvalue weighted by Crippen LogP contribution is -2.69. The Balaban J connectivity index is 1.07. The summed E-state index contributed by atoms with van der Waals surface area (Å²) < 4.78 is 7.33. The first-order valence-electron chi connectivity index (χ1n) is 14.1. The lowest BCUT2D eigenvalue weighted by atomic mass is 9.87. The van der Waals surface area contributed by atoms with Crippen molar-refractivity contribution in [2.24, 2.45) is 4.99 Å². The van der Waals surface area contributed by atoms with Gasteiger partial charge in [-0.05, 0) is 66.3 Å². The van der Waals surface area contributed by atoms with Crippen LogP contribution < -0.4 is 4.90 Å². The molecule has 4 aromatic heterocycles. The van der Waals surface area contributed by atoms with Crippen molar-refractivity contribution in [2.75, 3.05) is 37.7 Å². The van der Waals surface area contributed by atoms with Crippen LogP contribution in [-0.2, 0) is 4.74 Å². The number of ether oxygens (including phenoxy) is 1. The summed E-state index contributed by atoms with van der Waals surface area (Å²) in [5.74, 6) is 1.87. The first-order chi connectivity index (χ1) is 20.1. The van der Waals surface area contributed by atoms with Gasteiger partial charge in [-0.2, -0.15) is 10.4 Å². The third-order valence-corrected chi connectivity index (χ3v) is 8.48. The molecule has 0 saturated carbocycles. The zero-order valence-electron chi connectivity index (χ0n) is 23.1. The van der Waals surface area contributed by atoms with Crippen LogP contribution in [0.5, 0.6) is 0 Å². The summed E-state index contributed by atoms with van der Waals surface area (Å²) in [5, 5.41) is 14.2. The van der Waals surface area contributed by atoms with Crippen LogP contribution in [-0.4, -0.2) is 75.6 Å². The van der Waals surface area contributed by atoms with Crippen LogP contribution >= 0.6 is 0 Å². The average molecular weight is 545 g/mol. The molecule has 4 aliphatic heterocycles. The molecule has 8 rings (SSSR count). The zero-order valence-corrected chi connectivity index (χ0v) is 23.1. The Kier molecular flexibility index (Phi) is 6.50. The summed E-state index contributed by atoms with van der Waals surface area (Å²) in [7, 11) is 0. The number of rotatable bonds is 7. The molecule has 2 bridgehead atoms. The normalized spacial score (nSPS) is 20.7. The molecule has 2 unspecified atom stereocenters. The number of hydrogen-bond acceptors (Lipinski definition) is 7. The van der Waals surface area contributed by atoms with Crippen molar-refractivity contribution in [3.05, 3.63) is 84.0 Å². The second kappa shape index (κ2) is 10.5. The summed E-state index contributed by atoms with van der Waals surface area (Å²) in [6, 6.07) is 11.7. The van der Waals surface area contributed by atoms with Gasteiger partial charge < -0.3 is 14.6 Å². The predicted octanol–water partition coefficient (Wildman–Crippen LogP) is 4.93. The number of hydrogen-bond donors (Lipinski definition) is 1. The van der Waals surface area contributed by atoms with E-state index in [2.05, 4.69) is 61.8 Å². The highest BCUT2D eigenvalue weighted by Gasteiger charge is 2.44.